The monoisotopic (exact) mass is 192 g/mol. The fourth-order valence-corrected chi connectivity index (χ4v) is 1.18. The molecule has 0 fully saturated rings. The summed E-state index contributed by atoms with van der Waals surface area (Å²) >= 11 is 0. The van der Waals surface area contributed by atoms with Crippen LogP contribution in [0.1, 0.15) is 12.5 Å². The average molecular weight is 192 g/mol. The Balaban J connectivity index is 3.02. The predicted molar refractivity (Wildman–Crippen MR) is 54.3 cm³/mol. The predicted octanol–water partition coefficient (Wildman–Crippen LogP) is 2.18. The van der Waals surface area contributed by atoms with Gasteiger partial charge in [-0.15, -0.1) is 0 Å². The van der Waals surface area contributed by atoms with Crippen LogP contribution in [0.4, 0.5) is 0 Å². The summed E-state index contributed by atoms with van der Waals surface area (Å²) in [5.41, 5.74) is 0.980. The summed E-state index contributed by atoms with van der Waals surface area (Å²) < 4.78 is 4.98. The number of carboxylic acids is 1. The Bertz CT molecular complexity index is 349. The maximum atomic E-state index is 10.8. The van der Waals surface area contributed by atoms with Gasteiger partial charge in [0.25, 0.3) is 0 Å². The van der Waals surface area contributed by atoms with E-state index in [9.17, 15) is 4.79 Å². The number of ether oxygens (including phenoxy) is 1. The molecule has 0 radical (unpaired) electrons. The SMILES string of the molecule is CC=C(C(=O)O)c1ccc(OC)cc1. The summed E-state index contributed by atoms with van der Waals surface area (Å²) in [6.07, 6.45) is 1.57. The van der Waals surface area contributed by atoms with E-state index in [1.165, 1.54) is 0 Å². The van der Waals surface area contributed by atoms with Crippen LogP contribution >= 0.6 is 0 Å². The summed E-state index contributed by atoms with van der Waals surface area (Å²) in [5, 5.41) is 8.85. The minimum absolute atomic E-state index is 0.299. The Morgan fingerprint density at radius 1 is 1.36 bits per heavy atom. The minimum atomic E-state index is -0.919. The van der Waals surface area contributed by atoms with Crippen LogP contribution in [-0.2, 0) is 4.79 Å². The van der Waals surface area contributed by atoms with E-state index in [-0.39, 0.29) is 0 Å². The minimum Gasteiger partial charge on any atom is -0.497 e. The van der Waals surface area contributed by atoms with Crippen molar-refractivity contribution < 1.29 is 14.6 Å². The van der Waals surface area contributed by atoms with Gasteiger partial charge in [0.2, 0.25) is 0 Å². The van der Waals surface area contributed by atoms with Crippen molar-refractivity contribution in [2.45, 2.75) is 6.92 Å². The van der Waals surface area contributed by atoms with Gasteiger partial charge in [0.1, 0.15) is 5.75 Å². The zero-order valence-corrected chi connectivity index (χ0v) is 8.15. The van der Waals surface area contributed by atoms with Crippen LogP contribution in [0, 0.1) is 0 Å². The van der Waals surface area contributed by atoms with Crippen molar-refractivity contribution in [3.8, 4) is 5.75 Å². The Hall–Kier alpha value is -1.77. The van der Waals surface area contributed by atoms with Gasteiger partial charge in [-0.1, -0.05) is 18.2 Å². The molecular formula is C11H12O3. The molecule has 0 atom stereocenters. The first-order valence-electron chi connectivity index (χ1n) is 4.23. The Kier molecular flexibility index (Phi) is 3.29. The second-order valence-corrected chi connectivity index (χ2v) is 2.74. The standard InChI is InChI=1S/C11H12O3/c1-3-10(11(12)13)8-4-6-9(14-2)7-5-8/h3-7H,1-2H3,(H,12,13). The van der Waals surface area contributed by atoms with Gasteiger partial charge in [-0.2, -0.15) is 0 Å². The van der Waals surface area contributed by atoms with Gasteiger partial charge in [-0.05, 0) is 24.6 Å². The second kappa shape index (κ2) is 4.46. The van der Waals surface area contributed by atoms with Crippen molar-refractivity contribution in [3.63, 3.8) is 0 Å². The molecule has 0 unspecified atom stereocenters. The van der Waals surface area contributed by atoms with Gasteiger partial charge >= 0.3 is 5.97 Å². The van der Waals surface area contributed by atoms with Crippen LogP contribution in [-0.4, -0.2) is 18.2 Å². The molecule has 0 heterocycles. The third-order valence-electron chi connectivity index (χ3n) is 1.92. The third-order valence-corrected chi connectivity index (χ3v) is 1.92. The lowest BCUT2D eigenvalue weighted by molar-refractivity contribution is -0.130. The first-order chi connectivity index (χ1) is 6.69. The lowest BCUT2D eigenvalue weighted by atomic mass is 10.1. The molecule has 0 aromatic heterocycles. The van der Waals surface area contributed by atoms with E-state index in [1.807, 2.05) is 0 Å². The summed E-state index contributed by atoms with van der Waals surface area (Å²) in [4.78, 5) is 10.8. The summed E-state index contributed by atoms with van der Waals surface area (Å²) in [5.74, 6) is -0.202. The smallest absolute Gasteiger partial charge is 0.335 e. The van der Waals surface area contributed by atoms with Crippen LogP contribution in [0.15, 0.2) is 30.3 Å². The topological polar surface area (TPSA) is 46.5 Å². The number of rotatable bonds is 3. The third kappa shape index (κ3) is 2.13. The normalized spacial score (nSPS) is 11.1. The van der Waals surface area contributed by atoms with E-state index in [1.54, 1.807) is 44.4 Å². The molecule has 1 aromatic carbocycles. The van der Waals surface area contributed by atoms with Crippen molar-refractivity contribution in [1.82, 2.24) is 0 Å². The highest BCUT2D eigenvalue weighted by molar-refractivity contribution is 6.15. The highest BCUT2D eigenvalue weighted by atomic mass is 16.5. The molecule has 14 heavy (non-hydrogen) atoms. The lowest BCUT2D eigenvalue weighted by Crippen LogP contribution is -1.99. The van der Waals surface area contributed by atoms with Crippen LogP contribution in [0.2, 0.25) is 0 Å². The van der Waals surface area contributed by atoms with E-state index in [2.05, 4.69) is 0 Å². The van der Waals surface area contributed by atoms with Crippen molar-refractivity contribution in [3.05, 3.63) is 35.9 Å². The molecule has 0 saturated heterocycles. The molecule has 3 heteroatoms. The Labute approximate surface area is 82.6 Å². The van der Waals surface area contributed by atoms with Crippen molar-refractivity contribution in [2.24, 2.45) is 0 Å². The van der Waals surface area contributed by atoms with Gasteiger partial charge in [-0.25, -0.2) is 4.79 Å². The molecular weight excluding hydrogens is 180 g/mol. The highest BCUT2D eigenvalue weighted by Gasteiger charge is 2.08. The van der Waals surface area contributed by atoms with Crippen LogP contribution in [0.25, 0.3) is 5.57 Å². The lowest BCUT2D eigenvalue weighted by Gasteiger charge is -2.03. The molecule has 0 bridgehead atoms. The maximum absolute atomic E-state index is 10.8. The summed E-state index contributed by atoms with van der Waals surface area (Å²) in [7, 11) is 1.57. The first kappa shape index (κ1) is 10.3. The number of hydrogen-bond donors (Lipinski definition) is 1. The molecule has 74 valence electrons. The molecule has 0 aliphatic heterocycles. The van der Waals surface area contributed by atoms with E-state index in [0.29, 0.717) is 11.1 Å². The number of allylic oxidation sites excluding steroid dienone is 1. The van der Waals surface area contributed by atoms with E-state index in [0.717, 1.165) is 5.75 Å². The summed E-state index contributed by atoms with van der Waals surface area (Å²) in [6.45, 7) is 1.70. The largest absolute Gasteiger partial charge is 0.497 e. The zero-order chi connectivity index (χ0) is 10.6. The van der Waals surface area contributed by atoms with Gasteiger partial charge in [-0.3, -0.25) is 0 Å². The molecule has 0 spiro atoms. The zero-order valence-electron chi connectivity index (χ0n) is 8.15. The number of benzene rings is 1. The average Bonchev–Trinajstić information content (AvgIpc) is 2.19. The second-order valence-electron chi connectivity index (χ2n) is 2.74. The Morgan fingerprint density at radius 2 is 1.93 bits per heavy atom. The first-order valence-corrected chi connectivity index (χ1v) is 4.23. The van der Waals surface area contributed by atoms with Crippen molar-refractivity contribution >= 4 is 11.5 Å². The number of carboxylic acid groups (broad SMARTS) is 1. The van der Waals surface area contributed by atoms with Crippen LogP contribution < -0.4 is 4.74 Å². The quantitative estimate of drug-likeness (QED) is 0.746. The summed E-state index contributed by atoms with van der Waals surface area (Å²) in [6, 6.07) is 6.92. The van der Waals surface area contributed by atoms with Crippen LogP contribution in [0.3, 0.4) is 0 Å². The molecule has 0 aliphatic rings. The molecule has 3 nitrogen and oxygen atoms in total. The maximum Gasteiger partial charge on any atom is 0.335 e. The molecule has 1 rings (SSSR count). The fourth-order valence-electron chi connectivity index (χ4n) is 1.18. The van der Waals surface area contributed by atoms with E-state index >= 15 is 0 Å². The van der Waals surface area contributed by atoms with Gasteiger partial charge in [0.15, 0.2) is 0 Å². The number of carbonyl (C=O) groups is 1. The van der Waals surface area contributed by atoms with E-state index < -0.39 is 5.97 Å². The molecule has 0 saturated carbocycles. The molecule has 1 aromatic rings. The number of methoxy groups -OCH3 is 1. The fraction of sp³-hybridized carbons (Fsp3) is 0.182. The van der Waals surface area contributed by atoms with Crippen LogP contribution in [0.5, 0.6) is 5.75 Å². The number of aliphatic carboxylic acids is 1. The van der Waals surface area contributed by atoms with Gasteiger partial charge in [0, 0.05) is 0 Å². The molecule has 0 amide bonds. The van der Waals surface area contributed by atoms with E-state index in [4.69, 9.17) is 9.84 Å². The Morgan fingerprint density at radius 3 is 2.29 bits per heavy atom. The molecule has 1 N–H and O–H groups in total. The van der Waals surface area contributed by atoms with Crippen molar-refractivity contribution in [1.29, 1.82) is 0 Å². The highest BCUT2D eigenvalue weighted by Crippen LogP contribution is 2.18. The van der Waals surface area contributed by atoms with Crippen molar-refractivity contribution in [2.75, 3.05) is 7.11 Å². The van der Waals surface area contributed by atoms with Gasteiger partial charge < -0.3 is 9.84 Å². The number of hydrogen-bond acceptors (Lipinski definition) is 2. The molecule has 0 aliphatic carbocycles. The van der Waals surface area contributed by atoms with Gasteiger partial charge in [0.05, 0.1) is 12.7 Å².